The van der Waals surface area contributed by atoms with E-state index in [0.717, 1.165) is 32.1 Å². The molecule has 3 aromatic rings. The molecule has 0 radical (unpaired) electrons. The number of amides is 10. The summed E-state index contributed by atoms with van der Waals surface area (Å²) in [5.41, 5.74) is 6.28. The number of primary amides is 1. The van der Waals surface area contributed by atoms with E-state index in [1.54, 1.807) is 35.2 Å². The van der Waals surface area contributed by atoms with Gasteiger partial charge < -0.3 is 91.6 Å². The first-order valence-corrected chi connectivity index (χ1v) is 37.5. The Kier molecular flexibility index (Phi) is 26.7. The lowest BCUT2D eigenvalue weighted by Gasteiger charge is -2.36. The Balaban J connectivity index is 0.772. The highest BCUT2D eigenvalue weighted by atomic mass is 32.1. The number of anilines is 1. The fraction of sp³-hybridized carbons (Fsp3) is 0.560. The van der Waals surface area contributed by atoms with Crippen molar-refractivity contribution in [2.45, 2.75) is 209 Å². The monoisotopic (exact) mass is 1490 g/mol. The molecule has 4 fully saturated rings. The Hall–Kier alpha value is -9.91. The van der Waals surface area contributed by atoms with Crippen LogP contribution in [-0.4, -0.2) is 233 Å². The maximum Gasteiger partial charge on any atom is 0.340 e. The number of carboxylic acid groups (broad SMARTS) is 1. The number of fused-ring (bicyclic) bond motifs is 9. The summed E-state index contributed by atoms with van der Waals surface area (Å²) in [6.45, 7) is 3.32. The van der Waals surface area contributed by atoms with Crippen molar-refractivity contribution in [1.29, 1.82) is 0 Å². The van der Waals surface area contributed by atoms with Gasteiger partial charge in [-0.05, 0) is 178 Å². The van der Waals surface area contributed by atoms with E-state index in [9.17, 15) is 78.0 Å². The Morgan fingerprint density at radius 3 is 1.94 bits per heavy atom. The minimum absolute atomic E-state index is 0.0746. The van der Waals surface area contributed by atoms with Gasteiger partial charge in [-0.1, -0.05) is 31.4 Å². The number of phenols is 2. The number of phenolic OH excluding ortho intramolecular Hbond substituents is 2. The van der Waals surface area contributed by atoms with E-state index in [4.69, 9.17) is 27.4 Å². The second-order valence-corrected chi connectivity index (χ2v) is 28.9. The number of aliphatic carboxylic acids is 1. The number of hydrogen-bond donors (Lipinski definition) is 10. The quantitative estimate of drug-likeness (QED) is 0.0444. The molecule has 30 nitrogen and oxygen atoms in total. The molecule has 10 rings (SSSR count). The third-order valence-corrected chi connectivity index (χ3v) is 21.2. The number of nitrogens with zero attached hydrogens (tertiary/aromatic N) is 6. The van der Waals surface area contributed by atoms with Crippen LogP contribution in [0.2, 0.25) is 0 Å². The van der Waals surface area contributed by atoms with Crippen molar-refractivity contribution in [3.05, 3.63) is 89.0 Å². The number of nitrogens with one attached hydrogen (secondary N) is 5. The Labute approximate surface area is 620 Å². The average molecular weight is 1490 g/mol. The van der Waals surface area contributed by atoms with Gasteiger partial charge in [0.1, 0.15) is 65.3 Å². The third kappa shape index (κ3) is 18.7. The van der Waals surface area contributed by atoms with Crippen LogP contribution in [-0.2, 0) is 63.1 Å². The summed E-state index contributed by atoms with van der Waals surface area (Å²) in [6.07, 6.45) is 12.3. The standard InChI is InChI=1S/C75H98N12O18S/c1-45-69(99)86-38-19-23-58(86)72(102)87-39-18-22-57(87)71(101)82(43-61(91)80-54(66(76)96)31-32-64(94)95)34-14-10-8-6-4-3-5-7-9-11-15-35-83(44-63(93)84-36-16-20-55(84)67(97)81-65(46(2)88)68(98)78-45)70(100)56-21-17-37-85(56)62(92)24-12-13-33-77-74(106)79-47-25-28-50-53(40-47)75(105-73(50)103)51-29-26-48(89)41-59(51)104-60-42-49(90)27-30-52(60)75/h3,5,25-30,40-42,45-46,54-58,65,88-90H,4,6-24,31-39,43-44H2,1-2H3,(H2,76,96)(H,78,98)(H,80,91)(H,81,97)(H,94,95)(H2,77,79,106)/b5-3-/t45-,46+,54-,55-,56-,57-,58-,65-/m0/s1. The van der Waals surface area contributed by atoms with E-state index >= 15 is 0 Å². The number of nitrogens with two attached hydrogens (primary N) is 1. The largest absolute Gasteiger partial charge is 0.508 e. The molecule has 7 aliphatic rings. The van der Waals surface area contributed by atoms with Crippen LogP contribution in [0, 0.1) is 0 Å². The molecule has 31 heteroatoms. The normalized spacial score (nSPS) is 23.7. The molecule has 7 heterocycles. The van der Waals surface area contributed by atoms with Crippen molar-refractivity contribution < 1.29 is 87.4 Å². The average Bonchev–Trinajstić information content (AvgIpc) is 1.51. The van der Waals surface area contributed by atoms with Crippen LogP contribution >= 0.6 is 12.2 Å². The van der Waals surface area contributed by atoms with Gasteiger partial charge in [0.2, 0.25) is 59.1 Å². The van der Waals surface area contributed by atoms with Crippen molar-refractivity contribution in [3.63, 3.8) is 0 Å². The fourth-order valence-corrected chi connectivity index (χ4v) is 15.7. The number of carboxylic acids is 1. The van der Waals surface area contributed by atoms with E-state index in [1.807, 2.05) is 0 Å². The first-order chi connectivity index (χ1) is 50.8. The molecule has 0 bridgehead atoms. The number of likely N-dealkylation sites (tertiary alicyclic amines) is 1. The second-order valence-electron chi connectivity index (χ2n) is 28.5. The van der Waals surface area contributed by atoms with Crippen LogP contribution in [0.4, 0.5) is 5.69 Å². The number of aliphatic hydroxyl groups excluding tert-OH is 1. The SMILES string of the molecule is C[C@@H]1NC(=O)[C@H]([C@@H](C)O)NC(=O)[C@@H]2CCCN2C(=O)CN(C(=O)[C@@H]2CCCN2C(=O)CCCCNC(=S)Nc2ccc3c(c2)C2(OC3=O)c3ccc(O)cc3Oc3cc(O)ccc32)CCCCC/C=C\CCCCCCN(CC(=O)N[C@@H](CCC(=O)O)C(N)=O)C(=O)[C@@H]2CCCN2C(=O)[C@@H]2CCCN2C1=O. The van der Waals surface area contributed by atoms with Crippen LogP contribution < -0.4 is 37.1 Å². The van der Waals surface area contributed by atoms with Crippen LogP contribution in [0.3, 0.4) is 0 Å². The molecule has 0 unspecified atom stereocenters. The molecule has 0 saturated carbocycles. The number of allylic oxidation sites excluding steroid dienone is 2. The first-order valence-electron chi connectivity index (χ1n) is 37.1. The van der Waals surface area contributed by atoms with E-state index in [1.165, 1.54) is 62.6 Å². The number of ether oxygens (including phenoxy) is 2. The number of benzene rings is 3. The van der Waals surface area contributed by atoms with Gasteiger partial charge in [-0.15, -0.1) is 0 Å². The second kappa shape index (κ2) is 35.9. The summed E-state index contributed by atoms with van der Waals surface area (Å²) < 4.78 is 12.3. The molecule has 11 N–H and O–H groups in total. The van der Waals surface area contributed by atoms with Crippen molar-refractivity contribution in [2.24, 2.45) is 5.73 Å². The van der Waals surface area contributed by atoms with E-state index in [2.05, 4.69) is 38.7 Å². The maximum atomic E-state index is 14.9. The molecule has 572 valence electrons. The topological polar surface area (TPSA) is 410 Å². The summed E-state index contributed by atoms with van der Waals surface area (Å²) in [7, 11) is 0. The number of hydrogen-bond acceptors (Lipinski definition) is 18. The highest BCUT2D eigenvalue weighted by Crippen LogP contribution is 2.57. The molecule has 7 aliphatic heterocycles. The molecular weight excluding hydrogens is 1390 g/mol. The highest BCUT2D eigenvalue weighted by molar-refractivity contribution is 7.80. The number of carbonyl (C=O) groups is 12. The minimum Gasteiger partial charge on any atom is -0.508 e. The molecule has 1 spiro atoms. The lowest BCUT2D eigenvalue weighted by Crippen LogP contribution is -2.60. The smallest absolute Gasteiger partial charge is 0.340 e. The van der Waals surface area contributed by atoms with Crippen molar-refractivity contribution in [2.75, 3.05) is 64.2 Å². The van der Waals surface area contributed by atoms with Gasteiger partial charge in [0.25, 0.3) is 0 Å². The molecule has 0 aliphatic carbocycles. The van der Waals surface area contributed by atoms with Gasteiger partial charge >= 0.3 is 11.9 Å². The molecule has 3 aromatic carbocycles. The van der Waals surface area contributed by atoms with Crippen LogP contribution in [0.5, 0.6) is 23.0 Å². The van der Waals surface area contributed by atoms with Crippen LogP contribution in [0.1, 0.15) is 182 Å². The summed E-state index contributed by atoms with van der Waals surface area (Å²) in [6, 6.07) is 5.95. The fourth-order valence-electron chi connectivity index (χ4n) is 15.5. The lowest BCUT2D eigenvalue weighted by atomic mass is 9.77. The van der Waals surface area contributed by atoms with E-state index in [-0.39, 0.29) is 111 Å². The van der Waals surface area contributed by atoms with E-state index < -0.39 is 126 Å². The van der Waals surface area contributed by atoms with Crippen molar-refractivity contribution >= 4 is 94.0 Å². The molecule has 8 atom stereocenters. The zero-order valence-corrected chi connectivity index (χ0v) is 60.9. The number of aliphatic hydroxyl groups is 1. The summed E-state index contributed by atoms with van der Waals surface area (Å²) in [5.74, 6) is -7.53. The summed E-state index contributed by atoms with van der Waals surface area (Å²) in [4.78, 5) is 175. The number of rotatable bonds is 15. The number of aromatic hydroxyl groups is 2. The van der Waals surface area contributed by atoms with Gasteiger partial charge in [0.05, 0.1) is 24.8 Å². The molecule has 0 aromatic heterocycles. The summed E-state index contributed by atoms with van der Waals surface area (Å²) in [5, 5.41) is 55.3. The Bertz CT molecular complexity index is 3820. The number of esters is 1. The van der Waals surface area contributed by atoms with Gasteiger partial charge in [0, 0.05) is 93.2 Å². The van der Waals surface area contributed by atoms with Gasteiger partial charge in [-0.3, -0.25) is 52.7 Å². The number of thiocarbonyl (C=S) groups is 1. The Morgan fingerprint density at radius 2 is 1.28 bits per heavy atom. The predicted octanol–water partition coefficient (Wildman–Crippen LogP) is 4.03. The minimum atomic E-state index is -1.60. The first kappa shape index (κ1) is 78.7. The predicted molar refractivity (Wildman–Crippen MR) is 388 cm³/mol. The van der Waals surface area contributed by atoms with Crippen LogP contribution in [0.25, 0.3) is 0 Å². The maximum absolute atomic E-state index is 14.9. The third-order valence-electron chi connectivity index (χ3n) is 20.9. The van der Waals surface area contributed by atoms with Crippen LogP contribution in [0.15, 0.2) is 66.7 Å². The summed E-state index contributed by atoms with van der Waals surface area (Å²) >= 11 is 5.70. The zero-order chi connectivity index (χ0) is 75.9. The Morgan fingerprint density at radius 1 is 0.670 bits per heavy atom. The van der Waals surface area contributed by atoms with Crippen molar-refractivity contribution in [1.82, 2.24) is 50.7 Å². The zero-order valence-electron chi connectivity index (χ0n) is 60.1. The molecule has 106 heavy (non-hydrogen) atoms. The number of carbonyl (C=O) groups excluding carboxylic acids is 11. The van der Waals surface area contributed by atoms with Gasteiger partial charge in [0.15, 0.2) is 10.7 Å². The van der Waals surface area contributed by atoms with E-state index in [0.29, 0.717) is 112 Å². The van der Waals surface area contributed by atoms with Gasteiger partial charge in [-0.2, -0.15) is 0 Å². The molecule has 10 amide bonds. The molecular formula is C75H98N12O18S. The van der Waals surface area contributed by atoms with Crippen molar-refractivity contribution in [3.8, 4) is 23.0 Å². The molecule has 4 saturated heterocycles. The highest BCUT2D eigenvalue weighted by Gasteiger charge is 2.54. The lowest BCUT2D eigenvalue weighted by molar-refractivity contribution is -0.150. The van der Waals surface area contributed by atoms with Gasteiger partial charge in [-0.25, -0.2) is 4.79 Å². The number of unbranched alkanes of at least 4 members (excludes halogenated alkanes) is 1.